The maximum Gasteiger partial charge on any atom is 0.286 e. The largest absolute Gasteiger partial charge is 0.455 e. The van der Waals surface area contributed by atoms with Gasteiger partial charge in [0.15, 0.2) is 0 Å². The lowest BCUT2D eigenvalue weighted by molar-refractivity contribution is 0.305. The van der Waals surface area contributed by atoms with Gasteiger partial charge in [-0.05, 0) is 18.1 Å². The molecule has 0 aliphatic heterocycles. The molecule has 0 aromatic heterocycles. The maximum absolute atomic E-state index is 5.76. The predicted octanol–water partition coefficient (Wildman–Crippen LogP) is 3.49. The third-order valence-electron chi connectivity index (χ3n) is 3.05. The Balaban J connectivity index is 4.87. The number of nitrogens with zero attached hydrogens (tertiary/aromatic N) is 1. The Kier molecular flexibility index (Phi) is 4.79. The van der Waals surface area contributed by atoms with Gasteiger partial charge in [0.05, 0.1) is 0 Å². The van der Waals surface area contributed by atoms with Crippen molar-refractivity contribution in [1.82, 2.24) is 0 Å². The predicted molar refractivity (Wildman–Crippen MR) is 73.9 cm³/mol. The van der Waals surface area contributed by atoms with Crippen LogP contribution in [0.2, 0.25) is 18.1 Å². The number of allylic oxidation sites excluding steroid dienone is 1. The zero-order valence-corrected chi connectivity index (χ0v) is 12.7. The van der Waals surface area contributed by atoms with Gasteiger partial charge >= 0.3 is 0 Å². The fraction of sp³-hybridized carbons (Fsp3) is 0.750. The summed E-state index contributed by atoms with van der Waals surface area (Å²) < 4.78 is 5.76. The van der Waals surface area contributed by atoms with Gasteiger partial charge in [-0.3, -0.25) is 0 Å². The Morgan fingerprint density at radius 3 is 2.00 bits per heavy atom. The van der Waals surface area contributed by atoms with Gasteiger partial charge in [-0.1, -0.05) is 41.2 Å². The summed E-state index contributed by atoms with van der Waals surface area (Å²) in [5, 5.41) is 4.36. The topological polar surface area (TPSA) is 47.6 Å². The maximum atomic E-state index is 5.76. The quantitative estimate of drug-likeness (QED) is 0.466. The molecule has 4 heteroatoms. The Hall–Kier alpha value is -0.773. The average Bonchev–Trinajstić information content (AvgIpc) is 1.99. The van der Waals surface area contributed by atoms with Crippen LogP contribution in [0, 0.1) is 5.92 Å². The van der Waals surface area contributed by atoms with Crippen LogP contribution in [0.3, 0.4) is 0 Å². The second-order valence-electron chi connectivity index (χ2n) is 6.01. The van der Waals surface area contributed by atoms with Crippen molar-refractivity contribution >= 4 is 14.0 Å². The number of hydrogen-bond donors (Lipinski definition) is 1. The molecule has 2 N–H and O–H groups in total. The van der Waals surface area contributed by atoms with E-state index in [1.165, 1.54) is 0 Å². The highest BCUT2D eigenvalue weighted by atomic mass is 28.4. The van der Waals surface area contributed by atoms with Crippen molar-refractivity contribution in [2.45, 2.75) is 52.8 Å². The van der Waals surface area contributed by atoms with Gasteiger partial charge in [0, 0.05) is 11.6 Å². The number of rotatable bonds is 4. The smallest absolute Gasteiger partial charge is 0.286 e. The zero-order chi connectivity index (χ0) is 13.1. The van der Waals surface area contributed by atoms with Gasteiger partial charge in [-0.15, -0.1) is 5.16 Å². The minimum Gasteiger partial charge on any atom is -0.455 e. The van der Waals surface area contributed by atoms with Crippen molar-refractivity contribution < 1.29 is 4.53 Å². The van der Waals surface area contributed by atoms with Crippen molar-refractivity contribution in [1.29, 1.82) is 0 Å². The molecule has 0 radical (unpaired) electrons. The summed E-state index contributed by atoms with van der Waals surface area (Å²) in [6.07, 6.45) is 0. The molecule has 0 unspecified atom stereocenters. The van der Waals surface area contributed by atoms with Gasteiger partial charge in [0.2, 0.25) is 0 Å². The first-order chi connectivity index (χ1) is 6.99. The Morgan fingerprint density at radius 2 is 1.75 bits per heavy atom. The summed E-state index contributed by atoms with van der Waals surface area (Å²) in [5.74, 6) is 0.238. The van der Waals surface area contributed by atoms with Crippen LogP contribution in [-0.4, -0.2) is 14.0 Å². The second-order valence-corrected chi connectivity index (χ2v) is 10.7. The average molecular weight is 242 g/mol. The van der Waals surface area contributed by atoms with Crippen molar-refractivity contribution in [2.24, 2.45) is 16.8 Å². The highest BCUT2D eigenvalue weighted by Crippen LogP contribution is 2.36. The van der Waals surface area contributed by atoms with E-state index in [9.17, 15) is 0 Å². The molecule has 0 rings (SSSR count). The molecule has 0 saturated heterocycles. The summed E-state index contributed by atoms with van der Waals surface area (Å²) in [6.45, 7) is 18.7. The lowest BCUT2D eigenvalue weighted by Crippen LogP contribution is -2.39. The first-order valence-electron chi connectivity index (χ1n) is 5.70. The molecule has 0 fully saturated rings. The molecule has 0 aliphatic carbocycles. The number of hydrogen-bond acceptors (Lipinski definition) is 3. The normalized spacial score (nSPS) is 14.1. The Morgan fingerprint density at radius 1 is 1.31 bits per heavy atom. The molecule has 0 atom stereocenters. The van der Waals surface area contributed by atoms with E-state index >= 15 is 0 Å². The number of oxime groups is 1. The summed E-state index contributed by atoms with van der Waals surface area (Å²) >= 11 is 0. The summed E-state index contributed by atoms with van der Waals surface area (Å²) in [7, 11) is -1.84. The van der Waals surface area contributed by atoms with Crippen molar-refractivity contribution in [2.75, 3.05) is 0 Å². The lowest BCUT2D eigenvalue weighted by Gasteiger charge is -2.33. The van der Waals surface area contributed by atoms with Gasteiger partial charge in [-0.25, -0.2) is 0 Å². The minimum absolute atomic E-state index is 0.147. The molecule has 3 nitrogen and oxygen atoms in total. The van der Waals surface area contributed by atoms with E-state index in [-0.39, 0.29) is 11.0 Å². The molecule has 94 valence electrons. The highest BCUT2D eigenvalue weighted by molar-refractivity contribution is 6.74. The standard InChI is InChI=1S/C12H26N2OSi/c1-9(2)11(10(3)13)14-15-16(7,8)12(4,5)6/h9H,3,13H2,1-2,4-8H3/b14-11-. The van der Waals surface area contributed by atoms with E-state index in [0.717, 1.165) is 5.71 Å². The van der Waals surface area contributed by atoms with E-state index in [4.69, 9.17) is 10.3 Å². The van der Waals surface area contributed by atoms with E-state index in [2.05, 4.69) is 45.6 Å². The third-order valence-corrected chi connectivity index (χ3v) is 7.21. The molecule has 0 saturated carbocycles. The van der Waals surface area contributed by atoms with Gasteiger partial charge < -0.3 is 10.3 Å². The van der Waals surface area contributed by atoms with Crippen molar-refractivity contribution in [3.63, 3.8) is 0 Å². The minimum atomic E-state index is -1.84. The van der Waals surface area contributed by atoms with E-state index in [1.807, 2.05) is 13.8 Å². The second kappa shape index (κ2) is 5.04. The van der Waals surface area contributed by atoms with Crippen molar-refractivity contribution in [3.8, 4) is 0 Å². The van der Waals surface area contributed by atoms with Gasteiger partial charge in [-0.2, -0.15) is 0 Å². The first-order valence-corrected chi connectivity index (χ1v) is 8.60. The third kappa shape index (κ3) is 4.00. The Labute approximate surface area is 101 Å². The molecule has 0 aromatic carbocycles. The van der Waals surface area contributed by atoms with Crippen LogP contribution in [0.4, 0.5) is 0 Å². The fourth-order valence-corrected chi connectivity index (χ4v) is 1.44. The van der Waals surface area contributed by atoms with Crippen LogP contribution in [0.5, 0.6) is 0 Å². The van der Waals surface area contributed by atoms with Crippen LogP contribution in [0.25, 0.3) is 0 Å². The van der Waals surface area contributed by atoms with Crippen LogP contribution < -0.4 is 5.73 Å². The van der Waals surface area contributed by atoms with Crippen LogP contribution in [-0.2, 0) is 4.53 Å². The zero-order valence-electron chi connectivity index (χ0n) is 11.7. The molecular formula is C12H26N2OSi. The molecule has 0 aromatic rings. The molecule has 0 spiro atoms. The van der Waals surface area contributed by atoms with E-state index < -0.39 is 8.32 Å². The summed E-state index contributed by atoms with van der Waals surface area (Å²) in [6, 6.07) is 0. The van der Waals surface area contributed by atoms with Crippen LogP contribution in [0.15, 0.2) is 17.4 Å². The molecule has 0 bridgehead atoms. The van der Waals surface area contributed by atoms with Crippen LogP contribution in [0.1, 0.15) is 34.6 Å². The first kappa shape index (κ1) is 15.2. The summed E-state index contributed by atoms with van der Waals surface area (Å²) in [4.78, 5) is 0. The van der Waals surface area contributed by atoms with E-state index in [0.29, 0.717) is 5.70 Å². The number of nitrogens with two attached hydrogens (primary N) is 1. The molecular weight excluding hydrogens is 216 g/mol. The SMILES string of the molecule is C=C(N)/C(=N\O[Si](C)(C)C(C)(C)C)C(C)C. The van der Waals surface area contributed by atoms with Crippen LogP contribution >= 0.6 is 0 Å². The Bertz CT molecular complexity index is 288. The summed E-state index contributed by atoms with van der Waals surface area (Å²) in [5.41, 5.74) is 6.93. The monoisotopic (exact) mass is 242 g/mol. The van der Waals surface area contributed by atoms with E-state index in [1.54, 1.807) is 0 Å². The lowest BCUT2D eigenvalue weighted by atomic mass is 10.1. The van der Waals surface area contributed by atoms with Gasteiger partial charge in [0.1, 0.15) is 5.71 Å². The van der Waals surface area contributed by atoms with Gasteiger partial charge in [0.25, 0.3) is 8.32 Å². The molecule has 0 heterocycles. The molecule has 0 amide bonds. The molecule has 0 aliphatic rings. The highest BCUT2D eigenvalue weighted by Gasteiger charge is 2.40. The molecule has 16 heavy (non-hydrogen) atoms. The fourth-order valence-electron chi connectivity index (χ4n) is 0.835. The van der Waals surface area contributed by atoms with Crippen molar-refractivity contribution in [3.05, 3.63) is 12.3 Å².